The number of rotatable bonds is 4. The molecule has 1 aromatic rings. The highest BCUT2D eigenvalue weighted by atomic mass is 35.5. The summed E-state index contributed by atoms with van der Waals surface area (Å²) in [7, 11) is 0. The van der Waals surface area contributed by atoms with Gasteiger partial charge in [0.25, 0.3) is 0 Å². The van der Waals surface area contributed by atoms with Crippen LogP contribution in [0.2, 0.25) is 0 Å². The zero-order valence-electron chi connectivity index (χ0n) is 7.18. The first-order chi connectivity index (χ1) is 6.89. The minimum absolute atomic E-state index is 0.174. The van der Waals surface area contributed by atoms with Crippen molar-refractivity contribution in [2.75, 3.05) is 0 Å². The molecule has 0 aliphatic rings. The molecule has 0 saturated heterocycles. The van der Waals surface area contributed by atoms with Crippen molar-refractivity contribution in [2.45, 2.75) is 24.5 Å². The molecule has 0 spiro atoms. The van der Waals surface area contributed by atoms with Gasteiger partial charge >= 0.3 is 12.3 Å². The van der Waals surface area contributed by atoms with E-state index in [1.54, 1.807) is 0 Å². The van der Waals surface area contributed by atoms with Gasteiger partial charge in [-0.3, -0.25) is 4.68 Å². The fraction of sp³-hybridized carbons (Fsp3) is 0.571. The standard InChI is InChI=1S/C7H6ClF5N2/c8-3-15-2-1-4(14-15)5(9)7(12,13)6(10)11/h1-2,5-6H,3H2. The van der Waals surface area contributed by atoms with Gasteiger partial charge in [-0.05, 0) is 6.07 Å². The molecule has 86 valence electrons. The van der Waals surface area contributed by atoms with Crippen molar-refractivity contribution in [1.82, 2.24) is 9.78 Å². The van der Waals surface area contributed by atoms with Crippen LogP contribution >= 0.6 is 11.6 Å². The van der Waals surface area contributed by atoms with Crippen LogP contribution in [0.4, 0.5) is 22.0 Å². The molecule has 2 nitrogen and oxygen atoms in total. The van der Waals surface area contributed by atoms with Gasteiger partial charge < -0.3 is 0 Å². The Morgan fingerprint density at radius 2 is 2.00 bits per heavy atom. The van der Waals surface area contributed by atoms with E-state index in [0.29, 0.717) is 0 Å². The van der Waals surface area contributed by atoms with Crippen molar-refractivity contribution in [3.63, 3.8) is 0 Å². The SMILES string of the molecule is FC(F)C(F)(F)C(F)c1ccn(CCl)n1. The van der Waals surface area contributed by atoms with E-state index in [0.717, 1.165) is 16.9 Å². The molecular formula is C7H6ClF5N2. The zero-order chi connectivity index (χ0) is 11.6. The second kappa shape index (κ2) is 4.34. The van der Waals surface area contributed by atoms with Crippen LogP contribution < -0.4 is 0 Å². The van der Waals surface area contributed by atoms with Gasteiger partial charge in [-0.2, -0.15) is 13.9 Å². The number of hydrogen-bond donors (Lipinski definition) is 0. The average molecular weight is 249 g/mol. The predicted octanol–water partition coefficient (Wildman–Crippen LogP) is 2.99. The van der Waals surface area contributed by atoms with Crippen LogP contribution in [0.15, 0.2) is 12.3 Å². The average Bonchev–Trinajstić information content (AvgIpc) is 2.64. The van der Waals surface area contributed by atoms with Crippen LogP contribution in [0, 0.1) is 0 Å². The van der Waals surface area contributed by atoms with E-state index in [1.165, 1.54) is 0 Å². The number of nitrogens with zero attached hydrogens (tertiary/aromatic N) is 2. The van der Waals surface area contributed by atoms with Gasteiger partial charge in [0.1, 0.15) is 11.7 Å². The van der Waals surface area contributed by atoms with Crippen LogP contribution in [0.3, 0.4) is 0 Å². The van der Waals surface area contributed by atoms with Crippen molar-refractivity contribution < 1.29 is 22.0 Å². The summed E-state index contributed by atoms with van der Waals surface area (Å²) in [6.45, 7) is 0. The van der Waals surface area contributed by atoms with E-state index in [2.05, 4.69) is 5.10 Å². The summed E-state index contributed by atoms with van der Waals surface area (Å²) in [4.78, 5) is 0. The van der Waals surface area contributed by atoms with Gasteiger partial charge in [0.2, 0.25) is 6.17 Å². The third kappa shape index (κ3) is 2.39. The molecule has 0 aliphatic heterocycles. The first-order valence-electron chi connectivity index (χ1n) is 3.79. The minimum atomic E-state index is -4.74. The second-order valence-corrected chi connectivity index (χ2v) is 2.98. The molecule has 15 heavy (non-hydrogen) atoms. The molecule has 1 aromatic heterocycles. The lowest BCUT2D eigenvalue weighted by atomic mass is 10.1. The molecule has 0 saturated carbocycles. The van der Waals surface area contributed by atoms with Crippen molar-refractivity contribution in [2.24, 2.45) is 0 Å². The van der Waals surface area contributed by atoms with Crippen molar-refractivity contribution in [3.8, 4) is 0 Å². The lowest BCUT2D eigenvalue weighted by Crippen LogP contribution is -2.32. The Bertz CT molecular complexity index is 327. The quantitative estimate of drug-likeness (QED) is 0.592. The highest BCUT2D eigenvalue weighted by Gasteiger charge is 2.51. The molecule has 1 heterocycles. The smallest absolute Gasteiger partial charge is 0.257 e. The summed E-state index contributed by atoms with van der Waals surface area (Å²) in [5.41, 5.74) is -0.763. The molecule has 1 unspecified atom stereocenters. The molecule has 0 aliphatic carbocycles. The summed E-state index contributed by atoms with van der Waals surface area (Å²) in [6, 6.07) is 0.705. The highest BCUT2D eigenvalue weighted by Crippen LogP contribution is 2.38. The van der Waals surface area contributed by atoms with Crippen molar-refractivity contribution >= 4 is 11.6 Å². The first-order valence-corrected chi connectivity index (χ1v) is 4.32. The fourth-order valence-electron chi connectivity index (χ4n) is 0.887. The maximum Gasteiger partial charge on any atom is 0.343 e. The lowest BCUT2D eigenvalue weighted by molar-refractivity contribution is -0.173. The maximum atomic E-state index is 13.0. The fourth-order valence-corrected chi connectivity index (χ4v) is 1.02. The molecule has 0 N–H and O–H groups in total. The Hall–Kier alpha value is -0.850. The number of hydrogen-bond acceptors (Lipinski definition) is 1. The topological polar surface area (TPSA) is 17.8 Å². The molecule has 0 amide bonds. The van der Waals surface area contributed by atoms with Gasteiger partial charge in [-0.15, -0.1) is 11.6 Å². The van der Waals surface area contributed by atoms with Gasteiger partial charge in [0.15, 0.2) is 0 Å². The Morgan fingerprint density at radius 1 is 1.40 bits per heavy atom. The van der Waals surface area contributed by atoms with E-state index >= 15 is 0 Å². The first kappa shape index (κ1) is 12.2. The van der Waals surface area contributed by atoms with Crippen LogP contribution in [0.25, 0.3) is 0 Å². The van der Waals surface area contributed by atoms with Crippen LogP contribution in [-0.2, 0) is 6.00 Å². The summed E-state index contributed by atoms with van der Waals surface area (Å²) < 4.78 is 62.6. The Balaban J connectivity index is 2.88. The molecule has 0 fully saturated rings. The van der Waals surface area contributed by atoms with Gasteiger partial charge in [0.05, 0.1) is 0 Å². The van der Waals surface area contributed by atoms with Crippen LogP contribution in [0.1, 0.15) is 11.9 Å². The van der Waals surface area contributed by atoms with E-state index in [1.807, 2.05) is 0 Å². The Morgan fingerprint density at radius 3 is 2.40 bits per heavy atom. The number of alkyl halides is 6. The molecule has 1 rings (SSSR count). The van der Waals surface area contributed by atoms with Crippen molar-refractivity contribution in [1.29, 1.82) is 0 Å². The molecule has 0 bridgehead atoms. The largest absolute Gasteiger partial charge is 0.343 e. The van der Waals surface area contributed by atoms with Gasteiger partial charge in [0, 0.05) is 6.20 Å². The molecule has 1 atom stereocenters. The summed E-state index contributed by atoms with van der Waals surface area (Å²) in [6.07, 6.45) is -6.09. The zero-order valence-corrected chi connectivity index (χ0v) is 7.93. The number of halogens is 6. The normalized spacial score (nSPS) is 14.6. The molecular weight excluding hydrogens is 243 g/mol. The maximum absolute atomic E-state index is 13.0. The van der Waals surface area contributed by atoms with Crippen LogP contribution in [-0.4, -0.2) is 22.1 Å². The summed E-state index contributed by atoms with van der Waals surface area (Å²) in [5.74, 6) is -4.74. The number of aromatic nitrogens is 2. The summed E-state index contributed by atoms with van der Waals surface area (Å²) >= 11 is 5.26. The van der Waals surface area contributed by atoms with E-state index in [4.69, 9.17) is 11.6 Å². The summed E-state index contributed by atoms with van der Waals surface area (Å²) in [5, 5.41) is 3.27. The van der Waals surface area contributed by atoms with Crippen molar-refractivity contribution in [3.05, 3.63) is 18.0 Å². The second-order valence-electron chi connectivity index (χ2n) is 2.74. The van der Waals surface area contributed by atoms with E-state index in [-0.39, 0.29) is 6.00 Å². The lowest BCUT2D eigenvalue weighted by Gasteiger charge is -2.17. The highest BCUT2D eigenvalue weighted by molar-refractivity contribution is 6.15. The molecule has 0 radical (unpaired) electrons. The Labute approximate surface area is 86.6 Å². The van der Waals surface area contributed by atoms with E-state index < -0.39 is 24.2 Å². The Kier molecular flexibility index (Phi) is 3.54. The monoisotopic (exact) mass is 248 g/mol. The predicted molar refractivity (Wildman–Crippen MR) is 42.9 cm³/mol. The van der Waals surface area contributed by atoms with E-state index in [9.17, 15) is 22.0 Å². The molecule has 8 heteroatoms. The minimum Gasteiger partial charge on any atom is -0.257 e. The molecule has 0 aromatic carbocycles. The van der Waals surface area contributed by atoms with Gasteiger partial charge in [-0.1, -0.05) is 0 Å². The third-order valence-corrected chi connectivity index (χ3v) is 1.92. The van der Waals surface area contributed by atoms with Gasteiger partial charge in [-0.25, -0.2) is 13.2 Å². The van der Waals surface area contributed by atoms with Crippen LogP contribution in [0.5, 0.6) is 0 Å². The third-order valence-electron chi connectivity index (χ3n) is 1.67.